The Morgan fingerprint density at radius 3 is 2.52 bits per heavy atom. The molecule has 2 N–H and O–H groups in total. The molecule has 1 atom stereocenters. The predicted octanol–water partition coefficient (Wildman–Crippen LogP) is 3.51. The number of halogens is 1. The van der Waals surface area contributed by atoms with E-state index >= 15 is 0 Å². The van der Waals surface area contributed by atoms with Crippen LogP contribution in [0.2, 0.25) is 0 Å². The van der Waals surface area contributed by atoms with Gasteiger partial charge in [0.15, 0.2) is 0 Å². The second kappa shape index (κ2) is 5.33. The fourth-order valence-electron chi connectivity index (χ4n) is 2.41. The number of carbonyl (C=O) groups is 2. The highest BCUT2D eigenvalue weighted by Gasteiger charge is 2.26. The first-order chi connectivity index (χ1) is 10.1. The van der Waals surface area contributed by atoms with Crippen LogP contribution in [-0.4, -0.2) is 11.8 Å². The highest BCUT2D eigenvalue weighted by molar-refractivity contribution is 9.10. The van der Waals surface area contributed by atoms with E-state index in [-0.39, 0.29) is 17.9 Å². The van der Waals surface area contributed by atoms with E-state index in [2.05, 4.69) is 26.6 Å². The van der Waals surface area contributed by atoms with Crippen LogP contribution in [0.5, 0.6) is 0 Å². The van der Waals surface area contributed by atoms with E-state index < -0.39 is 0 Å². The minimum atomic E-state index is -0.341. The minimum Gasteiger partial charge on any atom is -0.378 e. The maximum atomic E-state index is 11.7. The van der Waals surface area contributed by atoms with Crippen LogP contribution in [0.4, 0.5) is 5.69 Å². The van der Waals surface area contributed by atoms with Crippen molar-refractivity contribution in [2.45, 2.75) is 13.0 Å². The molecule has 5 heteroatoms. The number of rotatable bonds is 3. The lowest BCUT2D eigenvalue weighted by Crippen LogP contribution is -2.19. The second-order valence-electron chi connectivity index (χ2n) is 4.93. The van der Waals surface area contributed by atoms with Crippen molar-refractivity contribution in [2.24, 2.45) is 0 Å². The average Bonchev–Trinajstić information content (AvgIpc) is 2.74. The SMILES string of the molecule is CC(Nc1ccc2c(c1)C(=O)NC2=O)c1ccccc1Br. The summed E-state index contributed by atoms with van der Waals surface area (Å²) < 4.78 is 1.03. The summed E-state index contributed by atoms with van der Waals surface area (Å²) in [5, 5.41) is 5.63. The van der Waals surface area contributed by atoms with E-state index in [0.717, 1.165) is 15.7 Å². The summed E-state index contributed by atoms with van der Waals surface area (Å²) in [6, 6.07) is 13.2. The molecular weight excluding hydrogens is 332 g/mol. The number of amides is 2. The van der Waals surface area contributed by atoms with Gasteiger partial charge >= 0.3 is 0 Å². The molecule has 0 fully saturated rings. The van der Waals surface area contributed by atoms with Crippen LogP contribution < -0.4 is 10.6 Å². The summed E-state index contributed by atoms with van der Waals surface area (Å²) in [6.45, 7) is 2.04. The van der Waals surface area contributed by atoms with Crippen molar-refractivity contribution in [2.75, 3.05) is 5.32 Å². The molecular formula is C16H13BrN2O2. The van der Waals surface area contributed by atoms with Crippen LogP contribution in [0.25, 0.3) is 0 Å². The average molecular weight is 345 g/mol. The molecule has 2 aromatic carbocycles. The zero-order valence-corrected chi connectivity index (χ0v) is 12.9. The van der Waals surface area contributed by atoms with Gasteiger partial charge in [0.05, 0.1) is 11.1 Å². The molecule has 1 aliphatic rings. The highest BCUT2D eigenvalue weighted by atomic mass is 79.9. The predicted molar refractivity (Wildman–Crippen MR) is 84.4 cm³/mol. The highest BCUT2D eigenvalue weighted by Crippen LogP contribution is 2.27. The fraction of sp³-hybridized carbons (Fsp3) is 0.125. The number of carbonyl (C=O) groups excluding carboxylic acids is 2. The normalized spacial score (nSPS) is 14.6. The molecule has 4 nitrogen and oxygen atoms in total. The number of imide groups is 1. The van der Waals surface area contributed by atoms with Gasteiger partial charge in [0.2, 0.25) is 0 Å². The van der Waals surface area contributed by atoms with Gasteiger partial charge in [0, 0.05) is 16.2 Å². The van der Waals surface area contributed by atoms with Crippen LogP contribution in [0.15, 0.2) is 46.9 Å². The summed E-state index contributed by atoms with van der Waals surface area (Å²) >= 11 is 3.53. The van der Waals surface area contributed by atoms with Gasteiger partial charge in [-0.15, -0.1) is 0 Å². The van der Waals surface area contributed by atoms with Crippen molar-refractivity contribution >= 4 is 33.4 Å². The van der Waals surface area contributed by atoms with Gasteiger partial charge in [0.25, 0.3) is 11.8 Å². The molecule has 2 aromatic rings. The van der Waals surface area contributed by atoms with Crippen LogP contribution >= 0.6 is 15.9 Å². The Bertz CT molecular complexity index is 743. The molecule has 3 rings (SSSR count). The van der Waals surface area contributed by atoms with Crippen molar-refractivity contribution in [3.8, 4) is 0 Å². The summed E-state index contributed by atoms with van der Waals surface area (Å²) in [7, 11) is 0. The molecule has 0 aromatic heterocycles. The van der Waals surface area contributed by atoms with Crippen molar-refractivity contribution in [1.29, 1.82) is 0 Å². The minimum absolute atomic E-state index is 0.0683. The first-order valence-corrected chi connectivity index (χ1v) is 7.36. The fourth-order valence-corrected chi connectivity index (χ4v) is 3.04. The van der Waals surface area contributed by atoms with Gasteiger partial charge < -0.3 is 5.32 Å². The maximum absolute atomic E-state index is 11.7. The van der Waals surface area contributed by atoms with E-state index in [9.17, 15) is 9.59 Å². The third-order valence-corrected chi connectivity index (χ3v) is 4.21. The van der Waals surface area contributed by atoms with Crippen LogP contribution in [-0.2, 0) is 0 Å². The lowest BCUT2D eigenvalue weighted by molar-refractivity contribution is 0.0879. The van der Waals surface area contributed by atoms with Crippen molar-refractivity contribution < 1.29 is 9.59 Å². The largest absolute Gasteiger partial charge is 0.378 e. The van der Waals surface area contributed by atoms with Crippen molar-refractivity contribution in [3.05, 3.63) is 63.6 Å². The van der Waals surface area contributed by atoms with Crippen molar-refractivity contribution in [3.63, 3.8) is 0 Å². The third-order valence-electron chi connectivity index (χ3n) is 3.49. The van der Waals surface area contributed by atoms with E-state index in [1.165, 1.54) is 0 Å². The molecule has 21 heavy (non-hydrogen) atoms. The molecule has 0 bridgehead atoms. The van der Waals surface area contributed by atoms with E-state index in [4.69, 9.17) is 0 Å². The Morgan fingerprint density at radius 2 is 1.76 bits per heavy atom. The number of hydrogen-bond donors (Lipinski definition) is 2. The smallest absolute Gasteiger partial charge is 0.259 e. The number of fused-ring (bicyclic) bond motifs is 1. The number of anilines is 1. The Kier molecular flexibility index (Phi) is 3.51. The Hall–Kier alpha value is -2.14. The van der Waals surface area contributed by atoms with Gasteiger partial charge in [-0.1, -0.05) is 34.1 Å². The maximum Gasteiger partial charge on any atom is 0.259 e. The summed E-state index contributed by atoms with van der Waals surface area (Å²) in [5.74, 6) is -0.674. The molecule has 1 unspecified atom stereocenters. The van der Waals surface area contributed by atoms with E-state index in [1.54, 1.807) is 12.1 Å². The number of nitrogens with one attached hydrogen (secondary N) is 2. The topological polar surface area (TPSA) is 58.2 Å². The molecule has 2 amide bonds. The van der Waals surface area contributed by atoms with Crippen molar-refractivity contribution in [1.82, 2.24) is 5.32 Å². The zero-order valence-electron chi connectivity index (χ0n) is 11.3. The molecule has 1 aliphatic heterocycles. The lowest BCUT2D eigenvalue weighted by atomic mass is 10.1. The molecule has 0 aliphatic carbocycles. The first kappa shape index (κ1) is 13.8. The molecule has 0 saturated heterocycles. The first-order valence-electron chi connectivity index (χ1n) is 6.57. The van der Waals surface area contributed by atoms with Gasteiger partial charge in [0.1, 0.15) is 0 Å². The third kappa shape index (κ3) is 2.56. The Labute approximate surface area is 130 Å². The standard InChI is InChI=1S/C16H13BrN2O2/c1-9(11-4-2-3-5-14(11)17)18-10-6-7-12-13(8-10)16(21)19-15(12)20/h2-9,18H,1H3,(H,19,20,21). The molecule has 1 heterocycles. The lowest BCUT2D eigenvalue weighted by Gasteiger charge is -2.17. The molecule has 0 saturated carbocycles. The summed E-state index contributed by atoms with van der Waals surface area (Å²) in [6.07, 6.45) is 0. The number of hydrogen-bond acceptors (Lipinski definition) is 3. The Morgan fingerprint density at radius 1 is 1.05 bits per heavy atom. The summed E-state index contributed by atoms with van der Waals surface area (Å²) in [5.41, 5.74) is 2.78. The van der Waals surface area contributed by atoms with Crippen LogP contribution in [0, 0.1) is 0 Å². The van der Waals surface area contributed by atoms with E-state index in [1.807, 2.05) is 37.3 Å². The van der Waals surface area contributed by atoms with Gasteiger partial charge in [-0.25, -0.2) is 0 Å². The number of benzene rings is 2. The Balaban J connectivity index is 1.86. The van der Waals surface area contributed by atoms with Gasteiger partial charge in [-0.05, 0) is 36.8 Å². The molecule has 0 spiro atoms. The van der Waals surface area contributed by atoms with Gasteiger partial charge in [-0.2, -0.15) is 0 Å². The second-order valence-corrected chi connectivity index (χ2v) is 5.79. The van der Waals surface area contributed by atoms with Crippen LogP contribution in [0.3, 0.4) is 0 Å². The zero-order chi connectivity index (χ0) is 15.0. The van der Waals surface area contributed by atoms with E-state index in [0.29, 0.717) is 11.1 Å². The molecule has 0 radical (unpaired) electrons. The monoisotopic (exact) mass is 344 g/mol. The summed E-state index contributed by atoms with van der Waals surface area (Å²) in [4.78, 5) is 23.2. The van der Waals surface area contributed by atoms with Gasteiger partial charge in [-0.3, -0.25) is 14.9 Å². The quantitative estimate of drug-likeness (QED) is 0.837. The van der Waals surface area contributed by atoms with Crippen LogP contribution in [0.1, 0.15) is 39.2 Å². The molecule has 106 valence electrons.